The molecule has 6 nitrogen and oxygen atoms in total. The zero-order chi connectivity index (χ0) is 13.2. The van der Waals surface area contributed by atoms with Crippen molar-refractivity contribution in [1.82, 2.24) is 9.97 Å². The first-order valence-corrected chi connectivity index (χ1v) is 6.08. The van der Waals surface area contributed by atoms with Gasteiger partial charge in [0.2, 0.25) is 5.95 Å². The zero-order valence-corrected chi connectivity index (χ0v) is 10.4. The minimum atomic E-state index is -0.676. The minimum Gasteiger partial charge on any atom is -0.388 e. The highest BCUT2D eigenvalue weighted by atomic mass is 16.3. The lowest BCUT2D eigenvalue weighted by Gasteiger charge is -2.38. The van der Waals surface area contributed by atoms with Crippen LogP contribution in [0.1, 0.15) is 31.7 Å². The van der Waals surface area contributed by atoms with Crippen LogP contribution in [-0.2, 0) is 0 Å². The smallest absolute Gasteiger partial charge is 0.227 e. The molecule has 6 heteroatoms. The number of piperidine rings is 1. The van der Waals surface area contributed by atoms with Crippen LogP contribution in [0.2, 0.25) is 0 Å². The van der Waals surface area contributed by atoms with Crippen molar-refractivity contribution in [2.75, 3.05) is 23.7 Å². The Morgan fingerprint density at radius 2 is 2.44 bits per heavy atom. The second-order valence-corrected chi connectivity index (χ2v) is 4.68. The molecule has 1 unspecified atom stereocenters. The third kappa shape index (κ3) is 2.36. The Morgan fingerprint density at radius 3 is 3.06 bits per heavy atom. The van der Waals surface area contributed by atoms with E-state index in [2.05, 4.69) is 9.97 Å². The van der Waals surface area contributed by atoms with E-state index in [9.17, 15) is 5.11 Å². The number of nitrogens with zero attached hydrogens (tertiary/aromatic N) is 4. The fourth-order valence-electron chi connectivity index (χ4n) is 2.20. The molecule has 3 N–H and O–H groups in total. The summed E-state index contributed by atoms with van der Waals surface area (Å²) < 4.78 is 0. The van der Waals surface area contributed by atoms with Crippen LogP contribution in [0, 0.1) is 11.3 Å². The summed E-state index contributed by atoms with van der Waals surface area (Å²) in [6.07, 6.45) is 3.83. The molecule has 0 aliphatic carbocycles. The SMILES string of the molecule is CCC1(O)CCCN(c2ncc(C#N)c(N)n2)C1. The van der Waals surface area contributed by atoms with Crippen LogP contribution in [0.25, 0.3) is 0 Å². The number of nitriles is 1. The number of hydrogen-bond donors (Lipinski definition) is 2. The Hall–Kier alpha value is -1.87. The average Bonchev–Trinajstić information content (AvgIpc) is 2.39. The first kappa shape index (κ1) is 12.6. The molecule has 1 aromatic heterocycles. The van der Waals surface area contributed by atoms with Crippen LogP contribution in [0.15, 0.2) is 6.20 Å². The zero-order valence-electron chi connectivity index (χ0n) is 10.4. The topological polar surface area (TPSA) is 99.1 Å². The van der Waals surface area contributed by atoms with Gasteiger partial charge in [0.25, 0.3) is 0 Å². The number of β-amino-alcohol motifs (C(OH)–C–C–N with tert-alkyl or cyclic N) is 1. The van der Waals surface area contributed by atoms with Crippen molar-refractivity contribution in [2.24, 2.45) is 0 Å². The number of aromatic nitrogens is 2. The molecule has 0 bridgehead atoms. The summed E-state index contributed by atoms with van der Waals surface area (Å²) in [6.45, 7) is 3.28. The van der Waals surface area contributed by atoms with Gasteiger partial charge in [-0.15, -0.1) is 0 Å². The van der Waals surface area contributed by atoms with Gasteiger partial charge >= 0.3 is 0 Å². The third-order valence-electron chi connectivity index (χ3n) is 3.42. The van der Waals surface area contributed by atoms with Crippen molar-refractivity contribution < 1.29 is 5.11 Å². The number of nitrogen functional groups attached to an aromatic ring is 1. The van der Waals surface area contributed by atoms with Gasteiger partial charge in [-0.3, -0.25) is 0 Å². The highest BCUT2D eigenvalue weighted by Crippen LogP contribution is 2.26. The molecule has 1 atom stereocenters. The predicted molar refractivity (Wildman–Crippen MR) is 67.8 cm³/mol. The van der Waals surface area contributed by atoms with Crippen molar-refractivity contribution >= 4 is 11.8 Å². The summed E-state index contributed by atoms with van der Waals surface area (Å²) in [5, 5.41) is 19.1. The number of aliphatic hydroxyl groups is 1. The lowest BCUT2D eigenvalue weighted by Crippen LogP contribution is -2.48. The summed E-state index contributed by atoms with van der Waals surface area (Å²) in [5.74, 6) is 0.672. The van der Waals surface area contributed by atoms with E-state index in [-0.39, 0.29) is 11.4 Å². The number of anilines is 2. The van der Waals surface area contributed by atoms with Crippen LogP contribution >= 0.6 is 0 Å². The Kier molecular flexibility index (Phi) is 3.34. The molecule has 2 heterocycles. The first-order chi connectivity index (χ1) is 8.58. The molecule has 1 fully saturated rings. The summed E-state index contributed by atoms with van der Waals surface area (Å²) in [5.41, 5.74) is 5.28. The van der Waals surface area contributed by atoms with E-state index in [1.54, 1.807) is 0 Å². The van der Waals surface area contributed by atoms with E-state index in [1.807, 2.05) is 17.9 Å². The molecule has 0 saturated carbocycles. The summed E-state index contributed by atoms with van der Waals surface area (Å²) in [6, 6.07) is 1.93. The Balaban J connectivity index is 2.22. The second kappa shape index (κ2) is 4.78. The molecule has 96 valence electrons. The highest BCUT2D eigenvalue weighted by Gasteiger charge is 2.32. The van der Waals surface area contributed by atoms with Gasteiger partial charge in [-0.2, -0.15) is 10.2 Å². The number of nitrogens with two attached hydrogens (primary N) is 1. The van der Waals surface area contributed by atoms with Gasteiger partial charge in [0.1, 0.15) is 17.5 Å². The molecule has 0 radical (unpaired) electrons. The molecule has 1 saturated heterocycles. The van der Waals surface area contributed by atoms with Crippen LogP contribution < -0.4 is 10.6 Å². The van der Waals surface area contributed by atoms with Crippen LogP contribution in [0.5, 0.6) is 0 Å². The largest absolute Gasteiger partial charge is 0.388 e. The molecule has 0 spiro atoms. The fourth-order valence-corrected chi connectivity index (χ4v) is 2.20. The lowest BCUT2D eigenvalue weighted by molar-refractivity contribution is 0.0219. The van der Waals surface area contributed by atoms with Crippen molar-refractivity contribution in [3.63, 3.8) is 0 Å². The Morgan fingerprint density at radius 1 is 1.67 bits per heavy atom. The summed E-state index contributed by atoms with van der Waals surface area (Å²) >= 11 is 0. The van der Waals surface area contributed by atoms with E-state index in [1.165, 1.54) is 6.20 Å². The van der Waals surface area contributed by atoms with Crippen molar-refractivity contribution in [3.8, 4) is 6.07 Å². The van der Waals surface area contributed by atoms with Crippen LogP contribution in [0.4, 0.5) is 11.8 Å². The average molecular weight is 247 g/mol. The molecule has 1 aliphatic heterocycles. The predicted octanol–water partition coefficient (Wildman–Crippen LogP) is 0.672. The molecular formula is C12H17N5O. The quantitative estimate of drug-likeness (QED) is 0.797. The van der Waals surface area contributed by atoms with Gasteiger partial charge in [0.05, 0.1) is 11.8 Å². The van der Waals surface area contributed by atoms with E-state index in [0.29, 0.717) is 18.9 Å². The van der Waals surface area contributed by atoms with Gasteiger partial charge in [-0.1, -0.05) is 6.92 Å². The third-order valence-corrected chi connectivity index (χ3v) is 3.42. The van der Waals surface area contributed by atoms with E-state index >= 15 is 0 Å². The van der Waals surface area contributed by atoms with Gasteiger partial charge in [0, 0.05) is 13.1 Å². The maximum atomic E-state index is 10.3. The van der Waals surface area contributed by atoms with Crippen LogP contribution in [0.3, 0.4) is 0 Å². The number of rotatable bonds is 2. The molecule has 2 rings (SSSR count). The second-order valence-electron chi connectivity index (χ2n) is 4.68. The van der Waals surface area contributed by atoms with Gasteiger partial charge in [-0.25, -0.2) is 4.98 Å². The molecule has 0 aromatic carbocycles. The molecule has 1 aliphatic rings. The standard InChI is InChI=1S/C12H17N5O/c1-2-12(18)4-3-5-17(8-12)11-15-7-9(6-13)10(14)16-11/h7,18H,2-5,8H2,1H3,(H2,14,15,16). The van der Waals surface area contributed by atoms with E-state index in [0.717, 1.165) is 19.4 Å². The van der Waals surface area contributed by atoms with E-state index < -0.39 is 5.60 Å². The summed E-state index contributed by atoms with van der Waals surface area (Å²) in [4.78, 5) is 10.2. The van der Waals surface area contributed by atoms with Crippen molar-refractivity contribution in [2.45, 2.75) is 31.8 Å². The lowest BCUT2D eigenvalue weighted by atomic mass is 9.90. The summed E-state index contributed by atoms with van der Waals surface area (Å²) in [7, 11) is 0. The molecule has 0 amide bonds. The van der Waals surface area contributed by atoms with Crippen LogP contribution in [-0.4, -0.2) is 33.8 Å². The first-order valence-electron chi connectivity index (χ1n) is 6.08. The van der Waals surface area contributed by atoms with Gasteiger partial charge in [-0.05, 0) is 19.3 Å². The normalized spacial score (nSPS) is 23.7. The minimum absolute atomic E-state index is 0.188. The number of hydrogen-bond acceptors (Lipinski definition) is 6. The monoisotopic (exact) mass is 247 g/mol. The molecule has 18 heavy (non-hydrogen) atoms. The maximum absolute atomic E-state index is 10.3. The molecular weight excluding hydrogens is 230 g/mol. The molecule has 1 aromatic rings. The fraction of sp³-hybridized carbons (Fsp3) is 0.583. The maximum Gasteiger partial charge on any atom is 0.227 e. The van der Waals surface area contributed by atoms with Gasteiger partial charge in [0.15, 0.2) is 0 Å². The van der Waals surface area contributed by atoms with Crippen molar-refractivity contribution in [3.05, 3.63) is 11.8 Å². The van der Waals surface area contributed by atoms with Crippen molar-refractivity contribution in [1.29, 1.82) is 5.26 Å². The Bertz CT molecular complexity index is 484. The van der Waals surface area contributed by atoms with E-state index in [4.69, 9.17) is 11.0 Å². The Labute approximate surface area is 106 Å². The highest BCUT2D eigenvalue weighted by molar-refractivity contribution is 5.50. The van der Waals surface area contributed by atoms with Gasteiger partial charge < -0.3 is 15.7 Å².